The molecule has 1 heterocycles. The molecule has 0 bridgehead atoms. The monoisotopic (exact) mass is 307 g/mol. The number of carbonyl (C=O) groups is 1. The average Bonchev–Trinajstić information content (AvgIpc) is 2.53. The van der Waals surface area contributed by atoms with Crippen molar-refractivity contribution in [1.82, 2.24) is 10.2 Å². The summed E-state index contributed by atoms with van der Waals surface area (Å²) in [6.07, 6.45) is 2.83. The molecule has 0 aromatic heterocycles. The molecule has 1 atom stereocenters. The molecule has 0 saturated carbocycles. The first-order valence-corrected chi connectivity index (χ1v) is 7.49. The summed E-state index contributed by atoms with van der Waals surface area (Å²) in [5, 5.41) is 3.79. The molecule has 21 heavy (non-hydrogen) atoms. The van der Waals surface area contributed by atoms with Crippen LogP contribution in [0.15, 0.2) is 24.3 Å². The molecule has 1 aromatic rings. The van der Waals surface area contributed by atoms with Gasteiger partial charge in [0.05, 0.1) is 7.11 Å². The standard InChI is InChI=1S/C15H21N3O2S/c1-20-12-7-5-11(6-8-12)10-17-15(21)18-9-3-2-4-13(18)14(16)19/h5-8,13H,2-4,9-10H2,1H3,(H2,16,19)(H,17,21)/t13-/m1/s1. The van der Waals surface area contributed by atoms with Crippen molar-refractivity contribution in [3.8, 4) is 5.75 Å². The lowest BCUT2D eigenvalue weighted by Crippen LogP contribution is -2.53. The Morgan fingerprint density at radius 3 is 2.76 bits per heavy atom. The molecule has 6 heteroatoms. The number of hydrogen-bond acceptors (Lipinski definition) is 3. The van der Waals surface area contributed by atoms with Crippen LogP contribution in [-0.2, 0) is 11.3 Å². The fourth-order valence-electron chi connectivity index (χ4n) is 2.49. The number of likely N-dealkylation sites (tertiary alicyclic amines) is 1. The first kappa shape index (κ1) is 15.6. The lowest BCUT2D eigenvalue weighted by Gasteiger charge is -2.35. The lowest BCUT2D eigenvalue weighted by atomic mass is 10.0. The summed E-state index contributed by atoms with van der Waals surface area (Å²) >= 11 is 5.40. The highest BCUT2D eigenvalue weighted by atomic mass is 32.1. The van der Waals surface area contributed by atoms with Crippen molar-refractivity contribution in [2.24, 2.45) is 5.73 Å². The van der Waals surface area contributed by atoms with Crippen molar-refractivity contribution >= 4 is 23.2 Å². The van der Waals surface area contributed by atoms with E-state index in [1.165, 1.54) is 0 Å². The maximum absolute atomic E-state index is 11.5. The molecule has 0 aliphatic carbocycles. The minimum atomic E-state index is -0.303. The fraction of sp³-hybridized carbons (Fsp3) is 0.467. The van der Waals surface area contributed by atoms with Crippen LogP contribution < -0.4 is 15.8 Å². The van der Waals surface area contributed by atoms with Gasteiger partial charge < -0.3 is 20.7 Å². The van der Waals surface area contributed by atoms with Crippen molar-refractivity contribution in [2.75, 3.05) is 13.7 Å². The topological polar surface area (TPSA) is 67.6 Å². The molecule has 1 saturated heterocycles. The van der Waals surface area contributed by atoms with Gasteiger partial charge in [0.2, 0.25) is 5.91 Å². The zero-order chi connectivity index (χ0) is 15.2. The first-order chi connectivity index (χ1) is 10.1. The van der Waals surface area contributed by atoms with E-state index in [9.17, 15) is 4.79 Å². The van der Waals surface area contributed by atoms with Crippen LogP contribution in [-0.4, -0.2) is 35.6 Å². The van der Waals surface area contributed by atoms with E-state index >= 15 is 0 Å². The number of amides is 1. The quantitative estimate of drug-likeness (QED) is 0.823. The number of nitrogens with one attached hydrogen (secondary N) is 1. The maximum Gasteiger partial charge on any atom is 0.240 e. The Labute approximate surface area is 130 Å². The number of rotatable bonds is 4. The molecule has 0 radical (unpaired) electrons. The van der Waals surface area contributed by atoms with Crippen LogP contribution >= 0.6 is 12.2 Å². The van der Waals surface area contributed by atoms with Crippen molar-refractivity contribution in [2.45, 2.75) is 31.8 Å². The highest BCUT2D eigenvalue weighted by Gasteiger charge is 2.28. The van der Waals surface area contributed by atoms with Gasteiger partial charge in [0.15, 0.2) is 5.11 Å². The molecule has 1 amide bonds. The van der Waals surface area contributed by atoms with Gasteiger partial charge in [-0.3, -0.25) is 4.79 Å². The summed E-state index contributed by atoms with van der Waals surface area (Å²) in [5.41, 5.74) is 6.56. The van der Waals surface area contributed by atoms with E-state index in [1.807, 2.05) is 29.2 Å². The van der Waals surface area contributed by atoms with Gasteiger partial charge in [0.1, 0.15) is 11.8 Å². The molecular formula is C15H21N3O2S. The number of nitrogens with two attached hydrogens (primary N) is 1. The van der Waals surface area contributed by atoms with Crippen LogP contribution in [0.25, 0.3) is 0 Å². The Morgan fingerprint density at radius 2 is 2.14 bits per heavy atom. The Bertz CT molecular complexity index is 504. The van der Waals surface area contributed by atoms with Crippen LogP contribution in [0.1, 0.15) is 24.8 Å². The Balaban J connectivity index is 1.91. The fourth-order valence-corrected chi connectivity index (χ4v) is 2.78. The summed E-state index contributed by atoms with van der Waals surface area (Å²) < 4.78 is 5.12. The second-order valence-electron chi connectivity index (χ2n) is 5.11. The van der Waals surface area contributed by atoms with Gasteiger partial charge in [-0.2, -0.15) is 0 Å². The van der Waals surface area contributed by atoms with Gasteiger partial charge in [0, 0.05) is 13.1 Å². The van der Waals surface area contributed by atoms with Crippen molar-refractivity contribution in [3.05, 3.63) is 29.8 Å². The number of piperidine rings is 1. The largest absolute Gasteiger partial charge is 0.497 e. The maximum atomic E-state index is 11.5. The number of ether oxygens (including phenoxy) is 1. The summed E-state index contributed by atoms with van der Waals surface area (Å²) in [5.74, 6) is 0.523. The normalized spacial score (nSPS) is 18.1. The molecular weight excluding hydrogens is 286 g/mol. The number of carbonyl (C=O) groups excluding carboxylic acids is 1. The second kappa shape index (κ2) is 7.26. The number of nitrogens with zero attached hydrogens (tertiary/aromatic N) is 1. The minimum Gasteiger partial charge on any atom is -0.497 e. The highest BCUT2D eigenvalue weighted by Crippen LogP contribution is 2.17. The number of benzene rings is 1. The van der Waals surface area contributed by atoms with E-state index in [0.29, 0.717) is 11.7 Å². The van der Waals surface area contributed by atoms with E-state index in [0.717, 1.165) is 37.1 Å². The van der Waals surface area contributed by atoms with Crippen LogP contribution in [0.2, 0.25) is 0 Å². The smallest absolute Gasteiger partial charge is 0.240 e. The van der Waals surface area contributed by atoms with Gasteiger partial charge in [-0.25, -0.2) is 0 Å². The van der Waals surface area contributed by atoms with E-state index in [2.05, 4.69) is 5.32 Å². The summed E-state index contributed by atoms with van der Waals surface area (Å²) in [7, 11) is 1.64. The predicted molar refractivity (Wildman–Crippen MR) is 86.0 cm³/mol. The summed E-state index contributed by atoms with van der Waals surface area (Å²) in [6.45, 7) is 1.40. The van der Waals surface area contributed by atoms with E-state index in [1.54, 1.807) is 7.11 Å². The highest BCUT2D eigenvalue weighted by molar-refractivity contribution is 7.80. The lowest BCUT2D eigenvalue weighted by molar-refractivity contribution is -0.122. The van der Waals surface area contributed by atoms with Gasteiger partial charge >= 0.3 is 0 Å². The average molecular weight is 307 g/mol. The molecule has 1 aromatic carbocycles. The van der Waals surface area contributed by atoms with Gasteiger partial charge in [0.25, 0.3) is 0 Å². The molecule has 1 aliphatic rings. The van der Waals surface area contributed by atoms with Crippen molar-refractivity contribution in [3.63, 3.8) is 0 Å². The molecule has 0 spiro atoms. The molecule has 2 rings (SSSR count). The molecule has 1 aliphatic heterocycles. The molecule has 114 valence electrons. The number of thiocarbonyl (C=S) groups is 1. The molecule has 0 unspecified atom stereocenters. The number of primary amides is 1. The SMILES string of the molecule is COc1ccc(CNC(=S)N2CCCC[C@@H]2C(N)=O)cc1. The molecule has 1 fully saturated rings. The zero-order valence-electron chi connectivity index (χ0n) is 12.2. The van der Waals surface area contributed by atoms with Crippen molar-refractivity contribution in [1.29, 1.82) is 0 Å². The Hall–Kier alpha value is -1.82. The van der Waals surface area contributed by atoms with Crippen LogP contribution in [0.3, 0.4) is 0 Å². The van der Waals surface area contributed by atoms with Crippen molar-refractivity contribution < 1.29 is 9.53 Å². The third-order valence-electron chi connectivity index (χ3n) is 3.69. The third kappa shape index (κ3) is 4.07. The molecule has 5 nitrogen and oxygen atoms in total. The van der Waals surface area contributed by atoms with E-state index in [4.69, 9.17) is 22.7 Å². The summed E-state index contributed by atoms with van der Waals surface area (Å²) in [6, 6.07) is 7.50. The predicted octanol–water partition coefficient (Wildman–Crippen LogP) is 1.41. The Morgan fingerprint density at radius 1 is 1.43 bits per heavy atom. The summed E-state index contributed by atoms with van der Waals surface area (Å²) in [4.78, 5) is 13.4. The van der Waals surface area contributed by atoms with E-state index in [-0.39, 0.29) is 11.9 Å². The zero-order valence-corrected chi connectivity index (χ0v) is 13.0. The van der Waals surface area contributed by atoms with Gasteiger partial charge in [-0.15, -0.1) is 0 Å². The third-order valence-corrected chi connectivity index (χ3v) is 4.07. The second-order valence-corrected chi connectivity index (χ2v) is 5.50. The minimum absolute atomic E-state index is 0.283. The van der Waals surface area contributed by atoms with Gasteiger partial charge in [-0.05, 0) is 49.2 Å². The first-order valence-electron chi connectivity index (χ1n) is 7.08. The van der Waals surface area contributed by atoms with Gasteiger partial charge in [-0.1, -0.05) is 12.1 Å². The van der Waals surface area contributed by atoms with Crippen LogP contribution in [0.4, 0.5) is 0 Å². The Kier molecular flexibility index (Phi) is 5.38. The van der Waals surface area contributed by atoms with Crippen LogP contribution in [0.5, 0.6) is 5.75 Å². The molecule has 3 N–H and O–H groups in total. The van der Waals surface area contributed by atoms with Crippen LogP contribution in [0, 0.1) is 0 Å². The number of hydrogen-bond donors (Lipinski definition) is 2. The van der Waals surface area contributed by atoms with E-state index < -0.39 is 0 Å². The number of methoxy groups -OCH3 is 1.